The molecule has 0 heterocycles. The molecule has 0 radical (unpaired) electrons. The van der Waals surface area contributed by atoms with Crippen molar-refractivity contribution in [3.8, 4) is 0 Å². The van der Waals surface area contributed by atoms with Crippen LogP contribution in [0.25, 0.3) is 0 Å². The molecule has 5 nitrogen and oxygen atoms in total. The van der Waals surface area contributed by atoms with E-state index in [-0.39, 0.29) is 18.1 Å². The third kappa shape index (κ3) is 6.44. The highest BCUT2D eigenvalue weighted by Crippen LogP contribution is 2.19. The number of ether oxygens (including phenoxy) is 1. The third-order valence-electron chi connectivity index (χ3n) is 3.23. The number of hydrogen-bond acceptors (Lipinski definition) is 5. The topological polar surface area (TPSA) is 72.8 Å². The van der Waals surface area contributed by atoms with Gasteiger partial charge in [-0.05, 0) is 55.9 Å². The molecule has 0 amide bonds. The minimum atomic E-state index is -3.74. The highest BCUT2D eigenvalue weighted by Gasteiger charge is 2.16. The summed E-state index contributed by atoms with van der Waals surface area (Å²) >= 11 is 0. The van der Waals surface area contributed by atoms with E-state index in [1.54, 1.807) is 18.2 Å². The summed E-state index contributed by atoms with van der Waals surface area (Å²) in [4.78, 5) is 0.167. The second kappa shape index (κ2) is 9.94. The van der Waals surface area contributed by atoms with Crippen LogP contribution in [0.5, 0.6) is 0 Å². The Balaban J connectivity index is 2.60. The standard InChI is InChI=1S/C16H26O5S/c1-3-10-20-11-5-12-21-22(18,19)16-8-7-14(2)15(13-16)6-4-9-17/h7-8,13,17H,3-6,9-12H2,1-2H3. The zero-order chi connectivity index (χ0) is 16.4. The molecule has 0 atom stereocenters. The first-order chi connectivity index (χ1) is 10.5. The molecule has 6 heteroatoms. The summed E-state index contributed by atoms with van der Waals surface area (Å²) in [5.74, 6) is 0. The lowest BCUT2D eigenvalue weighted by Gasteiger charge is -2.10. The third-order valence-corrected chi connectivity index (χ3v) is 4.54. The van der Waals surface area contributed by atoms with Crippen molar-refractivity contribution in [3.05, 3.63) is 29.3 Å². The summed E-state index contributed by atoms with van der Waals surface area (Å²) in [6.45, 7) is 5.33. The van der Waals surface area contributed by atoms with Gasteiger partial charge in [0.1, 0.15) is 0 Å². The van der Waals surface area contributed by atoms with Crippen molar-refractivity contribution < 1.29 is 22.4 Å². The van der Waals surface area contributed by atoms with E-state index in [0.29, 0.717) is 32.5 Å². The maximum Gasteiger partial charge on any atom is 0.296 e. The molecule has 0 fully saturated rings. The van der Waals surface area contributed by atoms with Gasteiger partial charge in [0.05, 0.1) is 11.5 Å². The largest absolute Gasteiger partial charge is 0.396 e. The molecule has 22 heavy (non-hydrogen) atoms. The Bertz CT molecular complexity index is 539. The maximum absolute atomic E-state index is 12.1. The second-order valence-electron chi connectivity index (χ2n) is 5.16. The number of aliphatic hydroxyl groups excluding tert-OH is 1. The van der Waals surface area contributed by atoms with Crippen molar-refractivity contribution in [3.63, 3.8) is 0 Å². The summed E-state index contributed by atoms with van der Waals surface area (Å²) in [5.41, 5.74) is 1.94. The maximum atomic E-state index is 12.1. The van der Waals surface area contributed by atoms with E-state index in [0.717, 1.165) is 17.5 Å². The van der Waals surface area contributed by atoms with Gasteiger partial charge in [-0.3, -0.25) is 4.18 Å². The van der Waals surface area contributed by atoms with E-state index in [4.69, 9.17) is 14.0 Å². The van der Waals surface area contributed by atoms with Crippen LogP contribution in [0.4, 0.5) is 0 Å². The van der Waals surface area contributed by atoms with Gasteiger partial charge in [0.25, 0.3) is 10.1 Å². The normalized spacial score (nSPS) is 11.8. The van der Waals surface area contributed by atoms with Crippen LogP contribution in [-0.4, -0.2) is 40.0 Å². The van der Waals surface area contributed by atoms with E-state index < -0.39 is 10.1 Å². The molecule has 1 aromatic carbocycles. The van der Waals surface area contributed by atoms with Gasteiger partial charge in [-0.15, -0.1) is 0 Å². The van der Waals surface area contributed by atoms with Crippen LogP contribution in [0, 0.1) is 6.92 Å². The Hall–Kier alpha value is -0.950. The first-order valence-corrected chi connectivity index (χ1v) is 9.09. The average Bonchev–Trinajstić information content (AvgIpc) is 2.49. The number of hydrogen-bond donors (Lipinski definition) is 1. The lowest BCUT2D eigenvalue weighted by Crippen LogP contribution is -2.10. The van der Waals surface area contributed by atoms with Crippen molar-refractivity contribution in [2.75, 3.05) is 26.4 Å². The molecule has 0 aromatic heterocycles. The molecule has 1 N–H and O–H groups in total. The van der Waals surface area contributed by atoms with Crippen molar-refractivity contribution >= 4 is 10.1 Å². The van der Waals surface area contributed by atoms with Crippen LogP contribution in [-0.2, 0) is 25.5 Å². The molecule has 1 rings (SSSR count). The molecule has 0 saturated heterocycles. The Morgan fingerprint density at radius 1 is 1.14 bits per heavy atom. The summed E-state index contributed by atoms with van der Waals surface area (Å²) in [7, 11) is -3.74. The first kappa shape index (κ1) is 19.1. The monoisotopic (exact) mass is 330 g/mol. The second-order valence-corrected chi connectivity index (χ2v) is 6.77. The Morgan fingerprint density at radius 3 is 2.59 bits per heavy atom. The Kier molecular flexibility index (Phi) is 8.63. The fourth-order valence-electron chi connectivity index (χ4n) is 1.99. The van der Waals surface area contributed by atoms with Gasteiger partial charge in [-0.2, -0.15) is 8.42 Å². The van der Waals surface area contributed by atoms with E-state index in [2.05, 4.69) is 0 Å². The van der Waals surface area contributed by atoms with Crippen LogP contribution >= 0.6 is 0 Å². The minimum absolute atomic E-state index is 0.0880. The van der Waals surface area contributed by atoms with Gasteiger partial charge in [0, 0.05) is 19.8 Å². The van der Waals surface area contributed by atoms with E-state index >= 15 is 0 Å². The molecule has 0 aliphatic heterocycles. The highest BCUT2D eigenvalue weighted by molar-refractivity contribution is 7.86. The molecule has 126 valence electrons. The van der Waals surface area contributed by atoms with Gasteiger partial charge < -0.3 is 9.84 Å². The molecule has 1 aromatic rings. The fraction of sp³-hybridized carbons (Fsp3) is 0.625. The highest BCUT2D eigenvalue weighted by atomic mass is 32.2. The van der Waals surface area contributed by atoms with Crippen LogP contribution in [0.2, 0.25) is 0 Å². The number of benzene rings is 1. The summed E-state index contributed by atoms with van der Waals surface area (Å²) in [6.07, 6.45) is 2.75. The molecule has 0 bridgehead atoms. The summed E-state index contributed by atoms with van der Waals surface area (Å²) in [6, 6.07) is 4.96. The predicted molar refractivity (Wildman–Crippen MR) is 85.5 cm³/mol. The Morgan fingerprint density at radius 2 is 1.91 bits per heavy atom. The van der Waals surface area contributed by atoms with E-state index in [1.807, 2.05) is 13.8 Å². The van der Waals surface area contributed by atoms with Crippen LogP contribution in [0.15, 0.2) is 23.1 Å². The zero-order valence-electron chi connectivity index (χ0n) is 13.4. The van der Waals surface area contributed by atoms with E-state index in [9.17, 15) is 8.42 Å². The molecule has 0 unspecified atom stereocenters. The van der Waals surface area contributed by atoms with Crippen molar-refractivity contribution in [2.24, 2.45) is 0 Å². The quantitative estimate of drug-likeness (QED) is 0.498. The SMILES string of the molecule is CCCOCCCOS(=O)(=O)c1ccc(C)c(CCCO)c1. The van der Waals surface area contributed by atoms with Gasteiger partial charge >= 0.3 is 0 Å². The Labute approximate surface area is 133 Å². The number of rotatable bonds is 11. The number of aliphatic hydroxyl groups is 1. The van der Waals surface area contributed by atoms with Crippen LogP contribution in [0.3, 0.4) is 0 Å². The molecular formula is C16H26O5S. The fourth-order valence-corrected chi connectivity index (χ4v) is 2.98. The lowest BCUT2D eigenvalue weighted by atomic mass is 10.0. The molecule has 0 spiro atoms. The molecule has 0 aliphatic carbocycles. The molecular weight excluding hydrogens is 304 g/mol. The summed E-state index contributed by atoms with van der Waals surface area (Å²) in [5, 5.41) is 8.90. The van der Waals surface area contributed by atoms with Crippen LogP contribution in [0.1, 0.15) is 37.3 Å². The zero-order valence-corrected chi connectivity index (χ0v) is 14.2. The minimum Gasteiger partial charge on any atom is -0.396 e. The van der Waals surface area contributed by atoms with Crippen molar-refractivity contribution in [1.29, 1.82) is 0 Å². The van der Waals surface area contributed by atoms with Gasteiger partial charge in [-0.25, -0.2) is 0 Å². The molecule has 0 saturated carbocycles. The van der Waals surface area contributed by atoms with Gasteiger partial charge in [-0.1, -0.05) is 13.0 Å². The average molecular weight is 330 g/mol. The van der Waals surface area contributed by atoms with Crippen molar-refractivity contribution in [2.45, 2.75) is 44.4 Å². The van der Waals surface area contributed by atoms with Gasteiger partial charge in [0.2, 0.25) is 0 Å². The van der Waals surface area contributed by atoms with Crippen molar-refractivity contribution in [1.82, 2.24) is 0 Å². The first-order valence-electron chi connectivity index (χ1n) is 7.69. The number of aryl methyl sites for hydroxylation is 2. The van der Waals surface area contributed by atoms with Gasteiger partial charge in [0.15, 0.2) is 0 Å². The van der Waals surface area contributed by atoms with E-state index in [1.165, 1.54) is 0 Å². The molecule has 0 aliphatic rings. The summed E-state index contributed by atoms with van der Waals surface area (Å²) < 4.78 is 34.6. The predicted octanol–water partition coefficient (Wildman–Crippen LogP) is 2.44. The van der Waals surface area contributed by atoms with Crippen LogP contribution < -0.4 is 0 Å². The smallest absolute Gasteiger partial charge is 0.296 e. The lowest BCUT2D eigenvalue weighted by molar-refractivity contribution is 0.121.